The van der Waals surface area contributed by atoms with E-state index in [1.165, 1.54) is 25.7 Å². The summed E-state index contributed by atoms with van der Waals surface area (Å²) < 4.78 is 13.0. The lowest BCUT2D eigenvalue weighted by Crippen LogP contribution is -2.31. The molecule has 4 rings (SSSR count). The first kappa shape index (κ1) is 18.6. The van der Waals surface area contributed by atoms with Gasteiger partial charge in [0.15, 0.2) is 17.3 Å². The minimum absolute atomic E-state index is 0.507. The van der Waals surface area contributed by atoms with Crippen molar-refractivity contribution in [3.63, 3.8) is 0 Å². The topological polar surface area (TPSA) is 60.7 Å². The molecule has 1 aromatic heterocycles. The summed E-state index contributed by atoms with van der Waals surface area (Å²) in [5, 5.41) is 0. The van der Waals surface area contributed by atoms with E-state index in [-0.39, 0.29) is 0 Å². The molecule has 0 atom stereocenters. The number of amidine groups is 1. The molecule has 0 bridgehead atoms. The summed E-state index contributed by atoms with van der Waals surface area (Å²) in [5.74, 6) is 3.82. The van der Waals surface area contributed by atoms with Crippen LogP contribution in [0.15, 0.2) is 29.3 Å². The molecular formula is C22H28N4O2. The summed E-state index contributed by atoms with van der Waals surface area (Å²) in [4.78, 5) is 9.86. The Balaban J connectivity index is 1.79. The molecule has 6 nitrogen and oxygen atoms in total. The van der Waals surface area contributed by atoms with E-state index in [4.69, 9.17) is 19.5 Å². The molecule has 1 aliphatic carbocycles. The average molecular weight is 380 g/mol. The molecule has 0 radical (unpaired) electrons. The van der Waals surface area contributed by atoms with E-state index in [1.54, 1.807) is 14.2 Å². The molecule has 28 heavy (non-hydrogen) atoms. The van der Waals surface area contributed by atoms with Crippen molar-refractivity contribution in [3.05, 3.63) is 47.1 Å². The van der Waals surface area contributed by atoms with E-state index in [1.807, 2.05) is 18.2 Å². The molecule has 2 aromatic rings. The third kappa shape index (κ3) is 3.17. The van der Waals surface area contributed by atoms with Gasteiger partial charge < -0.3 is 9.47 Å². The van der Waals surface area contributed by atoms with Crippen LogP contribution >= 0.6 is 0 Å². The fraction of sp³-hybridized carbons (Fsp3) is 0.455. The van der Waals surface area contributed by atoms with Crippen molar-refractivity contribution in [1.82, 2.24) is 9.66 Å². The second-order valence-corrected chi connectivity index (χ2v) is 7.36. The lowest BCUT2D eigenvalue weighted by molar-refractivity contribution is 0.355. The van der Waals surface area contributed by atoms with Gasteiger partial charge in [-0.25, -0.2) is 14.7 Å². The average Bonchev–Trinajstić information content (AvgIpc) is 3.35. The maximum atomic E-state index is 5.48. The van der Waals surface area contributed by atoms with Crippen molar-refractivity contribution in [2.45, 2.75) is 51.9 Å². The summed E-state index contributed by atoms with van der Waals surface area (Å²) in [6, 6.07) is 5.87. The van der Waals surface area contributed by atoms with Gasteiger partial charge >= 0.3 is 0 Å². The third-order valence-electron chi connectivity index (χ3n) is 5.55. The van der Waals surface area contributed by atoms with E-state index in [9.17, 15) is 0 Å². The molecule has 2 heterocycles. The highest BCUT2D eigenvalue weighted by atomic mass is 16.5. The Kier molecular flexibility index (Phi) is 5.11. The van der Waals surface area contributed by atoms with Gasteiger partial charge in [-0.15, -0.1) is 0 Å². The highest BCUT2D eigenvalue weighted by Crippen LogP contribution is 2.37. The van der Waals surface area contributed by atoms with Crippen LogP contribution in [0.3, 0.4) is 0 Å². The van der Waals surface area contributed by atoms with Crippen LogP contribution in [0.1, 0.15) is 67.7 Å². The summed E-state index contributed by atoms with van der Waals surface area (Å²) in [6.45, 7) is 4.21. The minimum Gasteiger partial charge on any atom is -0.493 e. The maximum Gasteiger partial charge on any atom is 0.161 e. The Hall–Kier alpha value is -2.76. The SMILES string of the molecule is CC/C=C1\N=C(c2ccc(OC)c(OC)c2)Nn2c(C3CCCC3)nc(C)c21. The van der Waals surface area contributed by atoms with Crippen LogP contribution in [0.5, 0.6) is 11.5 Å². The predicted molar refractivity (Wildman–Crippen MR) is 112 cm³/mol. The van der Waals surface area contributed by atoms with Gasteiger partial charge in [0, 0.05) is 11.5 Å². The number of methoxy groups -OCH3 is 2. The molecule has 1 aromatic carbocycles. The Morgan fingerprint density at radius 3 is 2.61 bits per heavy atom. The molecule has 148 valence electrons. The van der Waals surface area contributed by atoms with E-state index in [0.29, 0.717) is 17.4 Å². The second-order valence-electron chi connectivity index (χ2n) is 7.36. The minimum atomic E-state index is 0.507. The molecule has 6 heteroatoms. The van der Waals surface area contributed by atoms with Gasteiger partial charge in [0.2, 0.25) is 0 Å². The number of aryl methyl sites for hydroxylation is 1. The van der Waals surface area contributed by atoms with E-state index in [2.05, 4.69) is 30.0 Å². The normalized spacial score (nSPS) is 18.0. The van der Waals surface area contributed by atoms with Crippen LogP contribution in [0.25, 0.3) is 5.70 Å². The van der Waals surface area contributed by atoms with Crippen LogP contribution in [0, 0.1) is 6.92 Å². The first-order chi connectivity index (χ1) is 13.7. The highest BCUT2D eigenvalue weighted by molar-refractivity contribution is 6.08. The van der Waals surface area contributed by atoms with Gasteiger partial charge in [0.05, 0.1) is 25.6 Å². The number of benzene rings is 1. The first-order valence-corrected chi connectivity index (χ1v) is 10.0. The quantitative estimate of drug-likeness (QED) is 0.822. The first-order valence-electron chi connectivity index (χ1n) is 10.0. The number of hydrogen-bond acceptors (Lipinski definition) is 5. The summed E-state index contributed by atoms with van der Waals surface area (Å²) in [6.07, 6.45) is 8.04. The van der Waals surface area contributed by atoms with Gasteiger partial charge in [-0.2, -0.15) is 0 Å². The number of rotatable bonds is 5. The van der Waals surface area contributed by atoms with Crippen molar-refractivity contribution in [2.24, 2.45) is 4.99 Å². The zero-order valence-electron chi connectivity index (χ0n) is 17.1. The largest absolute Gasteiger partial charge is 0.493 e. The number of allylic oxidation sites excluding steroid dienone is 1. The smallest absolute Gasteiger partial charge is 0.161 e. The number of aliphatic imine (C=N–C) groups is 1. The molecule has 1 saturated carbocycles. The van der Waals surface area contributed by atoms with E-state index < -0.39 is 0 Å². The van der Waals surface area contributed by atoms with Crippen molar-refractivity contribution >= 4 is 11.5 Å². The monoisotopic (exact) mass is 380 g/mol. The molecule has 0 amide bonds. The molecular weight excluding hydrogens is 352 g/mol. The Morgan fingerprint density at radius 2 is 1.93 bits per heavy atom. The Labute approximate surface area is 166 Å². The van der Waals surface area contributed by atoms with Gasteiger partial charge in [0.25, 0.3) is 0 Å². The lowest BCUT2D eigenvalue weighted by atomic mass is 10.1. The van der Waals surface area contributed by atoms with Gasteiger partial charge in [-0.05, 0) is 44.4 Å². The maximum absolute atomic E-state index is 5.48. The van der Waals surface area contributed by atoms with Crippen molar-refractivity contribution < 1.29 is 9.47 Å². The summed E-state index contributed by atoms with van der Waals surface area (Å²) in [7, 11) is 3.29. The Morgan fingerprint density at radius 1 is 1.18 bits per heavy atom. The van der Waals surface area contributed by atoms with Crippen LogP contribution in [-0.4, -0.2) is 29.7 Å². The van der Waals surface area contributed by atoms with Crippen LogP contribution in [0.2, 0.25) is 0 Å². The fourth-order valence-corrected chi connectivity index (χ4v) is 4.17. The third-order valence-corrected chi connectivity index (χ3v) is 5.55. The van der Waals surface area contributed by atoms with E-state index in [0.717, 1.165) is 40.7 Å². The summed E-state index contributed by atoms with van der Waals surface area (Å²) >= 11 is 0. The van der Waals surface area contributed by atoms with Gasteiger partial charge in [-0.3, -0.25) is 5.43 Å². The summed E-state index contributed by atoms with van der Waals surface area (Å²) in [5.41, 5.74) is 7.56. The van der Waals surface area contributed by atoms with Crippen LogP contribution in [0.4, 0.5) is 0 Å². The number of ether oxygens (including phenoxy) is 2. The van der Waals surface area contributed by atoms with Crippen LogP contribution in [-0.2, 0) is 0 Å². The Bertz CT molecular complexity index is 936. The van der Waals surface area contributed by atoms with Gasteiger partial charge in [0.1, 0.15) is 11.5 Å². The number of hydrogen-bond donors (Lipinski definition) is 1. The molecule has 0 spiro atoms. The standard InChI is InChI=1S/C22H28N4O2/c1-5-8-17-20-14(2)23-22(15-9-6-7-10-15)26(20)25-21(24-17)16-11-12-18(27-3)19(13-16)28-4/h8,11-13,15H,5-7,9-10H2,1-4H3,(H,24,25)/b17-8-. The second kappa shape index (κ2) is 7.70. The number of fused-ring (bicyclic) bond motifs is 1. The predicted octanol–water partition coefficient (Wildman–Crippen LogP) is 4.62. The van der Waals surface area contributed by atoms with Gasteiger partial charge in [-0.1, -0.05) is 25.8 Å². The number of aromatic nitrogens is 2. The molecule has 1 aliphatic heterocycles. The highest BCUT2D eigenvalue weighted by Gasteiger charge is 2.29. The molecule has 1 fully saturated rings. The van der Waals surface area contributed by atoms with E-state index >= 15 is 0 Å². The zero-order chi connectivity index (χ0) is 19.7. The molecule has 1 N–H and O–H groups in total. The fourth-order valence-electron chi connectivity index (χ4n) is 4.17. The number of nitrogens with one attached hydrogen (secondary N) is 1. The molecule has 2 aliphatic rings. The van der Waals surface area contributed by atoms with Crippen LogP contribution < -0.4 is 14.9 Å². The molecule has 0 saturated heterocycles. The van der Waals surface area contributed by atoms with Crippen molar-refractivity contribution in [3.8, 4) is 11.5 Å². The van der Waals surface area contributed by atoms with Crippen molar-refractivity contribution in [2.75, 3.05) is 19.6 Å². The molecule has 0 unspecified atom stereocenters. The lowest BCUT2D eigenvalue weighted by Gasteiger charge is -2.24. The number of nitrogens with zero attached hydrogens (tertiary/aromatic N) is 3. The number of imidazole rings is 1. The van der Waals surface area contributed by atoms with Crippen molar-refractivity contribution in [1.29, 1.82) is 0 Å². The zero-order valence-corrected chi connectivity index (χ0v) is 17.1.